The van der Waals surface area contributed by atoms with Gasteiger partial charge in [0.2, 0.25) is 4.80 Å². The van der Waals surface area contributed by atoms with Gasteiger partial charge in [-0.2, -0.15) is 8.42 Å². The third-order valence-electron chi connectivity index (χ3n) is 3.51. The van der Waals surface area contributed by atoms with E-state index < -0.39 is 15.8 Å². The molecule has 130 valence electrons. The average molecular weight is 395 g/mol. The molecule has 0 spiro atoms. The van der Waals surface area contributed by atoms with E-state index in [4.69, 9.17) is 0 Å². The third kappa shape index (κ3) is 3.70. The first-order chi connectivity index (χ1) is 11.9. The van der Waals surface area contributed by atoms with E-state index in [9.17, 15) is 12.8 Å². The Kier molecular flexibility index (Phi) is 5.12. The van der Waals surface area contributed by atoms with Crippen LogP contribution in [0.15, 0.2) is 69.3 Å². The number of fused-ring (bicyclic) bond motifs is 1. The number of sulfonamides is 1. The first kappa shape index (κ1) is 17.9. The zero-order valence-electron chi connectivity index (χ0n) is 13.3. The van der Waals surface area contributed by atoms with Crippen molar-refractivity contribution in [2.45, 2.75) is 16.3 Å². The number of rotatable bonds is 5. The van der Waals surface area contributed by atoms with Gasteiger partial charge >= 0.3 is 0 Å². The van der Waals surface area contributed by atoms with E-state index in [1.165, 1.54) is 23.5 Å². The highest BCUT2D eigenvalue weighted by Gasteiger charge is 2.15. The van der Waals surface area contributed by atoms with Gasteiger partial charge < -0.3 is 4.57 Å². The van der Waals surface area contributed by atoms with Crippen molar-refractivity contribution in [3.63, 3.8) is 0 Å². The molecule has 3 rings (SSSR count). The van der Waals surface area contributed by atoms with E-state index in [1.54, 1.807) is 22.4 Å². The number of halogens is 1. The zero-order valence-corrected chi connectivity index (χ0v) is 15.8. The average Bonchev–Trinajstić information content (AvgIpc) is 2.91. The fraction of sp³-hybridized carbons (Fsp3) is 0.118. The molecule has 0 bridgehead atoms. The number of hydrogen-bond donors (Lipinski definition) is 0. The van der Waals surface area contributed by atoms with Crippen molar-refractivity contribution in [1.29, 1.82) is 0 Å². The standard InChI is InChI=1S/C17H15FN2O2S3/c1-3-10-20-15-9-6-13(23-2)11-16(15)24-17(20)19-25(21,22)14-7-4-12(18)5-8-14/h3-9,11H,1,10H2,2H3/b19-17-. The quantitative estimate of drug-likeness (QED) is 0.485. The summed E-state index contributed by atoms with van der Waals surface area (Å²) in [5.41, 5.74) is 0.899. The number of benzene rings is 2. The van der Waals surface area contributed by atoms with Crippen molar-refractivity contribution in [2.24, 2.45) is 4.40 Å². The fourth-order valence-corrected chi connectivity index (χ4v) is 5.11. The molecule has 8 heteroatoms. The van der Waals surface area contributed by atoms with Crippen LogP contribution in [0.25, 0.3) is 10.2 Å². The largest absolute Gasteiger partial charge is 0.312 e. The van der Waals surface area contributed by atoms with Gasteiger partial charge in [-0.1, -0.05) is 17.4 Å². The van der Waals surface area contributed by atoms with Gasteiger partial charge in [-0.05, 0) is 48.7 Å². The van der Waals surface area contributed by atoms with Crippen LogP contribution in [0.4, 0.5) is 4.39 Å². The van der Waals surface area contributed by atoms with Crippen molar-refractivity contribution in [3.05, 3.63) is 65.7 Å². The van der Waals surface area contributed by atoms with Crippen LogP contribution in [-0.2, 0) is 16.6 Å². The maximum atomic E-state index is 13.0. The predicted molar refractivity (Wildman–Crippen MR) is 101 cm³/mol. The van der Waals surface area contributed by atoms with Crippen molar-refractivity contribution in [3.8, 4) is 0 Å². The highest BCUT2D eigenvalue weighted by Crippen LogP contribution is 2.24. The maximum absolute atomic E-state index is 13.0. The first-order valence-electron chi connectivity index (χ1n) is 7.29. The summed E-state index contributed by atoms with van der Waals surface area (Å²) in [7, 11) is -3.93. The molecular formula is C17H15FN2O2S3. The molecule has 0 amide bonds. The van der Waals surface area contributed by atoms with Gasteiger partial charge in [-0.25, -0.2) is 4.39 Å². The lowest BCUT2D eigenvalue weighted by Crippen LogP contribution is -2.16. The predicted octanol–water partition coefficient (Wildman–Crippen LogP) is 4.04. The second-order valence-electron chi connectivity index (χ2n) is 5.14. The third-order valence-corrected chi connectivity index (χ3v) is 6.67. The van der Waals surface area contributed by atoms with Crippen LogP contribution in [0.2, 0.25) is 0 Å². The molecule has 0 aliphatic heterocycles. The molecule has 0 radical (unpaired) electrons. The number of nitrogens with zero attached hydrogens (tertiary/aromatic N) is 2. The minimum absolute atomic E-state index is 0.0405. The Bertz CT molecular complexity index is 1100. The molecule has 1 heterocycles. The van der Waals surface area contributed by atoms with Crippen molar-refractivity contribution in [2.75, 3.05) is 6.26 Å². The van der Waals surface area contributed by atoms with Gasteiger partial charge in [0.25, 0.3) is 10.0 Å². The Morgan fingerprint density at radius 1 is 1.28 bits per heavy atom. The summed E-state index contributed by atoms with van der Waals surface area (Å²) in [6.45, 7) is 4.17. The van der Waals surface area contributed by atoms with Gasteiger partial charge in [0.05, 0.1) is 15.1 Å². The Labute approximate surface area is 153 Å². The SMILES string of the molecule is C=CCn1/c(=N/S(=O)(=O)c2ccc(F)cc2)sc2cc(SC)ccc21. The fourth-order valence-electron chi connectivity index (χ4n) is 2.32. The molecular weight excluding hydrogens is 379 g/mol. The summed E-state index contributed by atoms with van der Waals surface area (Å²) in [6.07, 6.45) is 3.68. The minimum Gasteiger partial charge on any atom is -0.312 e. The van der Waals surface area contributed by atoms with Crippen LogP contribution >= 0.6 is 23.1 Å². The van der Waals surface area contributed by atoms with E-state index in [2.05, 4.69) is 11.0 Å². The molecule has 0 fully saturated rings. The molecule has 4 nitrogen and oxygen atoms in total. The van der Waals surface area contributed by atoms with Crippen LogP contribution in [-0.4, -0.2) is 19.2 Å². The molecule has 0 aliphatic rings. The topological polar surface area (TPSA) is 51.4 Å². The Morgan fingerprint density at radius 3 is 2.64 bits per heavy atom. The van der Waals surface area contributed by atoms with Gasteiger partial charge in [-0.15, -0.1) is 22.7 Å². The van der Waals surface area contributed by atoms with E-state index >= 15 is 0 Å². The van der Waals surface area contributed by atoms with Crippen LogP contribution in [0.1, 0.15) is 0 Å². The number of thioether (sulfide) groups is 1. The molecule has 0 N–H and O–H groups in total. The zero-order chi connectivity index (χ0) is 18.0. The number of aromatic nitrogens is 1. The van der Waals surface area contributed by atoms with E-state index in [1.807, 2.05) is 24.5 Å². The second-order valence-corrected chi connectivity index (χ2v) is 8.63. The van der Waals surface area contributed by atoms with Gasteiger partial charge in [0.15, 0.2) is 0 Å². The molecule has 0 saturated carbocycles. The number of thiazole rings is 1. The summed E-state index contributed by atoms with van der Waals surface area (Å²) >= 11 is 2.92. The molecule has 25 heavy (non-hydrogen) atoms. The lowest BCUT2D eigenvalue weighted by atomic mass is 10.3. The maximum Gasteiger partial charge on any atom is 0.285 e. The van der Waals surface area contributed by atoms with Crippen LogP contribution in [0.5, 0.6) is 0 Å². The van der Waals surface area contributed by atoms with Gasteiger partial charge in [-0.3, -0.25) is 0 Å². The van der Waals surface area contributed by atoms with E-state index in [0.717, 1.165) is 27.2 Å². The highest BCUT2D eigenvalue weighted by molar-refractivity contribution is 7.98. The second kappa shape index (κ2) is 7.15. The number of allylic oxidation sites excluding steroid dienone is 1. The monoisotopic (exact) mass is 394 g/mol. The molecule has 0 atom stereocenters. The van der Waals surface area contributed by atoms with Gasteiger partial charge in [0.1, 0.15) is 5.82 Å². The molecule has 0 saturated heterocycles. The number of hydrogen-bond acceptors (Lipinski definition) is 4. The minimum atomic E-state index is -3.93. The molecule has 1 aromatic heterocycles. The van der Waals surface area contributed by atoms with Crippen LogP contribution in [0, 0.1) is 5.82 Å². The molecule has 0 aliphatic carbocycles. The lowest BCUT2D eigenvalue weighted by molar-refractivity contribution is 0.594. The van der Waals surface area contributed by atoms with Crippen LogP contribution < -0.4 is 4.80 Å². The van der Waals surface area contributed by atoms with E-state index in [-0.39, 0.29) is 4.90 Å². The van der Waals surface area contributed by atoms with Crippen molar-refractivity contribution in [1.82, 2.24) is 4.57 Å². The Balaban J connectivity index is 2.22. The molecule has 3 aromatic rings. The summed E-state index contributed by atoms with van der Waals surface area (Å²) in [4.78, 5) is 1.41. The van der Waals surface area contributed by atoms with Gasteiger partial charge in [0, 0.05) is 11.4 Å². The van der Waals surface area contributed by atoms with Crippen molar-refractivity contribution >= 4 is 43.3 Å². The first-order valence-corrected chi connectivity index (χ1v) is 10.8. The Hall–Kier alpha value is -1.90. The van der Waals surface area contributed by atoms with Crippen LogP contribution in [0.3, 0.4) is 0 Å². The smallest absolute Gasteiger partial charge is 0.285 e. The summed E-state index contributed by atoms with van der Waals surface area (Å²) in [5.74, 6) is -0.493. The molecule has 0 unspecified atom stereocenters. The lowest BCUT2D eigenvalue weighted by Gasteiger charge is -2.02. The van der Waals surface area contributed by atoms with E-state index in [0.29, 0.717) is 11.3 Å². The summed E-state index contributed by atoms with van der Waals surface area (Å²) < 4.78 is 44.9. The normalized spacial score (nSPS) is 12.6. The Morgan fingerprint density at radius 2 is 2.00 bits per heavy atom. The van der Waals surface area contributed by atoms with Crippen molar-refractivity contribution < 1.29 is 12.8 Å². The summed E-state index contributed by atoms with van der Waals surface area (Å²) in [6, 6.07) is 10.6. The summed E-state index contributed by atoms with van der Waals surface area (Å²) in [5, 5.41) is 0. The highest BCUT2D eigenvalue weighted by atomic mass is 32.2. The molecule has 2 aromatic carbocycles.